The highest BCUT2D eigenvalue weighted by Gasteiger charge is 2.19. The predicted octanol–water partition coefficient (Wildman–Crippen LogP) is 4.35. The molecule has 0 unspecified atom stereocenters. The van der Waals surface area contributed by atoms with E-state index in [9.17, 15) is 22.8 Å². The van der Waals surface area contributed by atoms with E-state index in [2.05, 4.69) is 20.4 Å². The summed E-state index contributed by atoms with van der Waals surface area (Å²) < 4.78 is 45.4. The van der Waals surface area contributed by atoms with Gasteiger partial charge in [0.05, 0.1) is 17.7 Å². The molecule has 9 nitrogen and oxygen atoms in total. The molecule has 0 atom stereocenters. The van der Waals surface area contributed by atoms with Crippen LogP contribution in [0.25, 0.3) is 27.4 Å². The van der Waals surface area contributed by atoms with Gasteiger partial charge in [0, 0.05) is 47.5 Å². The SMILES string of the molecule is Cc1cc2nn(C)cc2cc1Nc1nc(=O)n(-c2cccc3cnccc23)c(=O)n1Cc1cc(F)c(F)c(F)c1. The number of hydrogen-bond acceptors (Lipinski definition) is 6. The normalized spacial score (nSPS) is 11.4. The molecule has 0 aliphatic rings. The Morgan fingerprint density at radius 2 is 1.75 bits per heavy atom. The predicted molar refractivity (Wildman–Crippen MR) is 144 cm³/mol. The Kier molecular flexibility index (Phi) is 5.94. The van der Waals surface area contributed by atoms with Crippen LogP contribution in [0.2, 0.25) is 0 Å². The highest BCUT2D eigenvalue weighted by Crippen LogP contribution is 2.26. The van der Waals surface area contributed by atoms with Crippen LogP contribution in [0.1, 0.15) is 11.1 Å². The Morgan fingerprint density at radius 3 is 2.52 bits per heavy atom. The summed E-state index contributed by atoms with van der Waals surface area (Å²) in [5.74, 6) is -4.59. The van der Waals surface area contributed by atoms with Gasteiger partial charge in [-0.3, -0.25) is 14.2 Å². The maximum absolute atomic E-state index is 14.1. The first-order chi connectivity index (χ1) is 19.2. The van der Waals surface area contributed by atoms with E-state index in [1.165, 1.54) is 6.20 Å². The van der Waals surface area contributed by atoms with E-state index in [0.29, 0.717) is 16.5 Å². The third kappa shape index (κ3) is 4.28. The van der Waals surface area contributed by atoms with E-state index < -0.39 is 35.4 Å². The van der Waals surface area contributed by atoms with Gasteiger partial charge in [-0.2, -0.15) is 10.1 Å². The van der Waals surface area contributed by atoms with Crippen LogP contribution in [0.5, 0.6) is 0 Å². The molecule has 0 bridgehead atoms. The summed E-state index contributed by atoms with van der Waals surface area (Å²) in [4.78, 5) is 35.5. The van der Waals surface area contributed by atoms with Crippen molar-refractivity contribution in [2.75, 3.05) is 5.32 Å². The van der Waals surface area contributed by atoms with Crippen molar-refractivity contribution in [2.45, 2.75) is 13.5 Å². The minimum atomic E-state index is -1.62. The lowest BCUT2D eigenvalue weighted by Gasteiger charge is -2.17. The molecule has 3 aromatic heterocycles. The Morgan fingerprint density at radius 1 is 0.975 bits per heavy atom. The van der Waals surface area contributed by atoms with Gasteiger partial charge < -0.3 is 5.32 Å². The first-order valence-corrected chi connectivity index (χ1v) is 12.1. The molecule has 3 heterocycles. The molecular formula is C28H20F3N7O2. The van der Waals surface area contributed by atoms with Crippen molar-refractivity contribution < 1.29 is 13.2 Å². The number of aryl methyl sites for hydroxylation is 2. The molecule has 0 aliphatic heterocycles. The number of aromatic nitrogens is 6. The van der Waals surface area contributed by atoms with Crippen molar-refractivity contribution in [2.24, 2.45) is 7.05 Å². The summed E-state index contributed by atoms with van der Waals surface area (Å²) in [6, 6.07) is 11.9. The number of benzene rings is 3. The largest absolute Gasteiger partial charge is 0.359 e. The Bertz CT molecular complexity index is 2050. The smallest absolute Gasteiger partial charge is 0.325 e. The third-order valence-electron chi connectivity index (χ3n) is 6.57. The minimum absolute atomic E-state index is 0.0462. The average Bonchev–Trinajstić information content (AvgIpc) is 3.28. The molecule has 0 fully saturated rings. The Labute approximate surface area is 223 Å². The number of anilines is 2. The van der Waals surface area contributed by atoms with Gasteiger partial charge in [0.2, 0.25) is 5.95 Å². The Balaban J connectivity index is 1.57. The summed E-state index contributed by atoms with van der Waals surface area (Å²) in [5.41, 5.74) is 0.542. The molecule has 0 saturated carbocycles. The fourth-order valence-corrected chi connectivity index (χ4v) is 4.68. The molecule has 1 N–H and O–H groups in total. The van der Waals surface area contributed by atoms with Gasteiger partial charge in [-0.15, -0.1) is 0 Å². The number of halogens is 3. The van der Waals surface area contributed by atoms with E-state index in [4.69, 9.17) is 0 Å². The average molecular weight is 544 g/mol. The first kappa shape index (κ1) is 25.0. The molecule has 6 aromatic rings. The summed E-state index contributed by atoms with van der Waals surface area (Å²) >= 11 is 0. The van der Waals surface area contributed by atoms with E-state index in [0.717, 1.165) is 37.7 Å². The highest BCUT2D eigenvalue weighted by atomic mass is 19.2. The van der Waals surface area contributed by atoms with Gasteiger partial charge in [-0.1, -0.05) is 12.1 Å². The van der Waals surface area contributed by atoms with Gasteiger partial charge in [0.15, 0.2) is 17.5 Å². The van der Waals surface area contributed by atoms with Crippen molar-refractivity contribution in [3.8, 4) is 5.69 Å². The zero-order chi connectivity index (χ0) is 28.1. The van der Waals surface area contributed by atoms with Crippen molar-refractivity contribution in [1.82, 2.24) is 28.9 Å². The zero-order valence-electron chi connectivity index (χ0n) is 21.2. The number of rotatable bonds is 5. The second kappa shape index (κ2) is 9.49. The summed E-state index contributed by atoms with van der Waals surface area (Å²) in [7, 11) is 1.78. The van der Waals surface area contributed by atoms with Gasteiger partial charge in [0.1, 0.15) is 0 Å². The van der Waals surface area contributed by atoms with Gasteiger partial charge in [-0.25, -0.2) is 27.3 Å². The summed E-state index contributed by atoms with van der Waals surface area (Å²) in [6.07, 6.45) is 4.92. The number of pyridine rings is 1. The first-order valence-electron chi connectivity index (χ1n) is 12.1. The van der Waals surface area contributed by atoms with Crippen LogP contribution in [0, 0.1) is 24.4 Å². The molecule has 6 rings (SSSR count). The number of nitrogens with one attached hydrogen (secondary N) is 1. The lowest BCUT2D eigenvalue weighted by molar-refractivity contribution is 0.444. The van der Waals surface area contributed by atoms with Crippen LogP contribution < -0.4 is 16.7 Å². The van der Waals surface area contributed by atoms with Crippen LogP contribution >= 0.6 is 0 Å². The maximum Gasteiger partial charge on any atom is 0.359 e. The molecule has 0 spiro atoms. The molecule has 3 aromatic carbocycles. The van der Waals surface area contributed by atoms with Crippen molar-refractivity contribution in [1.29, 1.82) is 0 Å². The molecule has 0 amide bonds. The number of nitrogens with zero attached hydrogens (tertiary/aromatic N) is 6. The van der Waals surface area contributed by atoms with E-state index in [1.807, 2.05) is 13.0 Å². The van der Waals surface area contributed by atoms with E-state index >= 15 is 0 Å². The standard InChI is InChI=1S/C28H20F3N7O2/c1-15-8-23-18(14-36(2)35-23)11-22(15)33-26-34-27(39)38(24-5-3-4-17-12-32-7-6-19(17)24)28(40)37(26)13-16-9-20(29)25(31)21(30)10-16/h3-12,14H,13H2,1-2H3,(H,33,34,39). The lowest BCUT2D eigenvalue weighted by atomic mass is 10.1. The topological polar surface area (TPSA) is 99.6 Å². The number of hydrogen-bond donors (Lipinski definition) is 1. The third-order valence-corrected chi connectivity index (χ3v) is 6.57. The fourth-order valence-electron chi connectivity index (χ4n) is 4.68. The quantitative estimate of drug-likeness (QED) is 0.325. The maximum atomic E-state index is 14.1. The van der Waals surface area contributed by atoms with E-state index in [-0.39, 0.29) is 17.2 Å². The molecule has 0 saturated heterocycles. The fraction of sp³-hybridized carbons (Fsp3) is 0.107. The Hall–Kier alpha value is -5.26. The van der Waals surface area contributed by atoms with Crippen LogP contribution in [-0.4, -0.2) is 28.9 Å². The van der Waals surface area contributed by atoms with Gasteiger partial charge in [-0.05, 0) is 54.4 Å². The van der Waals surface area contributed by atoms with Crippen molar-refractivity contribution in [3.63, 3.8) is 0 Å². The van der Waals surface area contributed by atoms with Crippen LogP contribution in [0.3, 0.4) is 0 Å². The summed E-state index contributed by atoms with van der Waals surface area (Å²) in [5, 5.41) is 9.46. The minimum Gasteiger partial charge on any atom is -0.325 e. The second-order valence-corrected chi connectivity index (χ2v) is 9.32. The molecule has 0 aliphatic carbocycles. The molecular weight excluding hydrogens is 523 g/mol. The number of fused-ring (bicyclic) bond motifs is 2. The molecule has 0 radical (unpaired) electrons. The lowest BCUT2D eigenvalue weighted by Crippen LogP contribution is -2.41. The van der Waals surface area contributed by atoms with Crippen LogP contribution in [0.4, 0.5) is 24.8 Å². The van der Waals surface area contributed by atoms with E-state index in [1.54, 1.807) is 54.5 Å². The monoisotopic (exact) mass is 543 g/mol. The van der Waals surface area contributed by atoms with Crippen molar-refractivity contribution >= 4 is 33.3 Å². The van der Waals surface area contributed by atoms with Crippen molar-refractivity contribution in [3.05, 3.63) is 117 Å². The molecule has 12 heteroatoms. The molecule has 200 valence electrons. The molecule has 40 heavy (non-hydrogen) atoms. The second-order valence-electron chi connectivity index (χ2n) is 9.32. The van der Waals surface area contributed by atoms with Gasteiger partial charge >= 0.3 is 11.4 Å². The highest BCUT2D eigenvalue weighted by molar-refractivity contribution is 5.89. The zero-order valence-corrected chi connectivity index (χ0v) is 21.2. The van der Waals surface area contributed by atoms with Crippen LogP contribution in [-0.2, 0) is 13.6 Å². The summed E-state index contributed by atoms with van der Waals surface area (Å²) in [6.45, 7) is 1.40. The van der Waals surface area contributed by atoms with Crippen LogP contribution in [0.15, 0.2) is 76.7 Å². The van der Waals surface area contributed by atoms with Gasteiger partial charge in [0.25, 0.3) is 0 Å².